The van der Waals surface area contributed by atoms with Gasteiger partial charge in [0.05, 0.1) is 0 Å². The molecule has 25 heavy (non-hydrogen) atoms. The zero-order valence-electron chi connectivity index (χ0n) is 12.8. The second kappa shape index (κ2) is 6.47. The third kappa shape index (κ3) is 3.37. The summed E-state index contributed by atoms with van der Waals surface area (Å²) in [5.41, 5.74) is 3.07. The van der Waals surface area contributed by atoms with Gasteiger partial charge in [-0.3, -0.25) is 10.2 Å². The lowest BCUT2D eigenvalue weighted by Gasteiger charge is -2.08. The molecule has 0 aliphatic heterocycles. The highest BCUT2D eigenvalue weighted by Gasteiger charge is 2.22. The number of hydrogen-bond acceptors (Lipinski definition) is 4. The average Bonchev–Trinajstić information content (AvgIpc) is 2.90. The van der Waals surface area contributed by atoms with E-state index in [1.807, 2.05) is 10.3 Å². The van der Waals surface area contributed by atoms with Gasteiger partial charge in [-0.25, -0.2) is 12.8 Å². The Hall–Kier alpha value is -2.42. The fourth-order valence-electron chi connectivity index (χ4n) is 2.31. The van der Waals surface area contributed by atoms with Gasteiger partial charge in [-0.15, -0.1) is 4.83 Å². The molecule has 130 valence electrons. The van der Waals surface area contributed by atoms with E-state index in [0.29, 0.717) is 11.1 Å². The second-order valence-electron chi connectivity index (χ2n) is 5.19. The van der Waals surface area contributed by atoms with Crippen molar-refractivity contribution in [3.8, 4) is 0 Å². The zero-order valence-corrected chi connectivity index (χ0v) is 14.4. The van der Waals surface area contributed by atoms with Crippen molar-refractivity contribution in [2.45, 2.75) is 11.8 Å². The van der Waals surface area contributed by atoms with Gasteiger partial charge in [-0.1, -0.05) is 29.8 Å². The topological polar surface area (TPSA) is 88.4 Å². The Morgan fingerprint density at radius 1 is 1.20 bits per heavy atom. The Kier molecular flexibility index (Phi) is 4.51. The number of carbonyl (C=O) groups excluding carboxylic acids is 1. The van der Waals surface area contributed by atoms with E-state index >= 15 is 0 Å². The van der Waals surface area contributed by atoms with Crippen molar-refractivity contribution in [2.24, 2.45) is 0 Å². The molecule has 0 spiro atoms. The number of rotatable bonds is 4. The average molecular weight is 383 g/mol. The van der Waals surface area contributed by atoms with Crippen LogP contribution >= 0.6 is 11.6 Å². The number of furan rings is 1. The maximum atomic E-state index is 13.8. The Morgan fingerprint density at radius 2 is 1.92 bits per heavy atom. The number of nitrogens with one attached hydrogen (secondary N) is 2. The number of hydrazine groups is 1. The van der Waals surface area contributed by atoms with Gasteiger partial charge in [-0.2, -0.15) is 0 Å². The van der Waals surface area contributed by atoms with Gasteiger partial charge in [0, 0.05) is 16.0 Å². The number of amides is 1. The zero-order chi connectivity index (χ0) is 18.2. The molecule has 3 rings (SSSR count). The van der Waals surface area contributed by atoms with Crippen molar-refractivity contribution >= 4 is 38.5 Å². The van der Waals surface area contributed by atoms with Crippen molar-refractivity contribution in [2.75, 3.05) is 0 Å². The van der Waals surface area contributed by atoms with E-state index < -0.39 is 26.6 Å². The molecule has 0 aliphatic rings. The predicted molar refractivity (Wildman–Crippen MR) is 90.1 cm³/mol. The lowest BCUT2D eigenvalue weighted by Crippen LogP contribution is -2.41. The number of carbonyl (C=O) groups is 1. The summed E-state index contributed by atoms with van der Waals surface area (Å²) in [7, 11) is -4.31. The fraction of sp³-hybridized carbons (Fsp3) is 0.0625. The van der Waals surface area contributed by atoms with Gasteiger partial charge >= 0.3 is 5.91 Å². The van der Waals surface area contributed by atoms with Gasteiger partial charge in [-0.05, 0) is 31.2 Å². The minimum Gasteiger partial charge on any atom is -0.451 e. The van der Waals surface area contributed by atoms with Gasteiger partial charge in [0.2, 0.25) is 0 Å². The number of sulfonamides is 1. The molecule has 1 aromatic heterocycles. The molecule has 0 unspecified atom stereocenters. The van der Waals surface area contributed by atoms with Gasteiger partial charge in [0.25, 0.3) is 10.0 Å². The highest BCUT2D eigenvalue weighted by atomic mass is 35.5. The summed E-state index contributed by atoms with van der Waals surface area (Å²) in [4.78, 5) is 13.4. The monoisotopic (exact) mass is 382 g/mol. The summed E-state index contributed by atoms with van der Waals surface area (Å²) in [5.74, 6) is -1.87. The minimum atomic E-state index is -4.31. The Morgan fingerprint density at radius 3 is 2.60 bits per heavy atom. The molecule has 1 amide bonds. The van der Waals surface area contributed by atoms with Crippen LogP contribution in [0.4, 0.5) is 4.39 Å². The number of benzene rings is 2. The molecule has 2 aromatic carbocycles. The van der Waals surface area contributed by atoms with E-state index in [1.54, 1.807) is 31.2 Å². The molecule has 0 atom stereocenters. The quantitative estimate of drug-likeness (QED) is 0.678. The fourth-order valence-corrected chi connectivity index (χ4v) is 3.37. The van der Waals surface area contributed by atoms with E-state index in [4.69, 9.17) is 16.0 Å². The van der Waals surface area contributed by atoms with Crippen LogP contribution in [0.25, 0.3) is 11.0 Å². The molecule has 9 heteroatoms. The minimum absolute atomic E-state index is 0.0412. The molecule has 0 saturated heterocycles. The summed E-state index contributed by atoms with van der Waals surface area (Å²) in [5, 5.41) is 0.789. The first-order valence-corrected chi connectivity index (χ1v) is 8.91. The molecule has 0 saturated carbocycles. The van der Waals surface area contributed by atoms with Crippen LogP contribution in [-0.4, -0.2) is 14.3 Å². The molecule has 3 aromatic rings. The van der Waals surface area contributed by atoms with E-state index in [2.05, 4.69) is 0 Å². The molecule has 0 aliphatic carbocycles. The molecule has 2 N–H and O–H groups in total. The summed E-state index contributed by atoms with van der Waals surface area (Å²) < 4.78 is 43.4. The molecule has 0 fully saturated rings. The first-order valence-electron chi connectivity index (χ1n) is 7.05. The van der Waals surface area contributed by atoms with Crippen molar-refractivity contribution in [3.63, 3.8) is 0 Å². The van der Waals surface area contributed by atoms with Crippen LogP contribution in [-0.2, 0) is 10.0 Å². The molecular formula is C16H12ClFN2O4S. The van der Waals surface area contributed by atoms with Gasteiger partial charge in [0.1, 0.15) is 16.3 Å². The predicted octanol–water partition coefficient (Wildman–Crippen LogP) is 3.16. The van der Waals surface area contributed by atoms with E-state index in [1.165, 1.54) is 6.07 Å². The van der Waals surface area contributed by atoms with Gasteiger partial charge in [0.15, 0.2) is 5.76 Å². The number of fused-ring (bicyclic) bond motifs is 1. The lowest BCUT2D eigenvalue weighted by atomic mass is 10.1. The smallest absolute Gasteiger partial charge is 0.302 e. The maximum Gasteiger partial charge on any atom is 0.302 e. The summed E-state index contributed by atoms with van der Waals surface area (Å²) in [6.45, 7) is 1.67. The highest BCUT2D eigenvalue weighted by molar-refractivity contribution is 7.89. The largest absolute Gasteiger partial charge is 0.451 e. The summed E-state index contributed by atoms with van der Waals surface area (Å²) in [6, 6.07) is 10.1. The van der Waals surface area contributed by atoms with Crippen molar-refractivity contribution in [3.05, 3.63) is 64.6 Å². The van der Waals surface area contributed by atoms with Gasteiger partial charge < -0.3 is 4.42 Å². The van der Waals surface area contributed by atoms with Crippen LogP contribution in [0.5, 0.6) is 0 Å². The third-order valence-electron chi connectivity index (χ3n) is 3.53. The molecule has 1 heterocycles. The lowest BCUT2D eigenvalue weighted by molar-refractivity contribution is 0.0918. The third-order valence-corrected chi connectivity index (χ3v) is 5.05. The normalized spacial score (nSPS) is 11.6. The SMILES string of the molecule is Cc1c(C(=O)NNS(=O)(=O)c2ccc(Cl)cc2F)oc2ccccc12. The van der Waals surface area contributed by atoms with Crippen molar-refractivity contribution in [1.82, 2.24) is 10.3 Å². The maximum absolute atomic E-state index is 13.8. The van der Waals surface area contributed by atoms with Crippen LogP contribution in [0.1, 0.15) is 16.1 Å². The van der Waals surface area contributed by atoms with Crippen LogP contribution in [0.15, 0.2) is 51.8 Å². The Labute approximate surface area is 147 Å². The van der Waals surface area contributed by atoms with Crippen LogP contribution in [0, 0.1) is 12.7 Å². The number of halogens is 2. The summed E-state index contributed by atoms with van der Waals surface area (Å²) in [6.07, 6.45) is 0. The summed E-state index contributed by atoms with van der Waals surface area (Å²) >= 11 is 5.59. The number of hydrogen-bond donors (Lipinski definition) is 2. The van der Waals surface area contributed by atoms with Crippen LogP contribution < -0.4 is 10.3 Å². The molecule has 6 nitrogen and oxygen atoms in total. The van der Waals surface area contributed by atoms with E-state index in [0.717, 1.165) is 17.5 Å². The van der Waals surface area contributed by atoms with E-state index in [-0.39, 0.29) is 10.8 Å². The van der Waals surface area contributed by atoms with E-state index in [9.17, 15) is 17.6 Å². The van der Waals surface area contributed by atoms with Crippen molar-refractivity contribution in [1.29, 1.82) is 0 Å². The van der Waals surface area contributed by atoms with Crippen LogP contribution in [0.3, 0.4) is 0 Å². The van der Waals surface area contributed by atoms with Crippen LogP contribution in [0.2, 0.25) is 5.02 Å². The Balaban J connectivity index is 1.82. The first-order chi connectivity index (χ1) is 11.8. The second-order valence-corrected chi connectivity index (χ2v) is 7.27. The first kappa shape index (κ1) is 17.4. The Bertz CT molecular complexity index is 1080. The molecule has 0 radical (unpaired) electrons. The highest BCUT2D eigenvalue weighted by Crippen LogP contribution is 2.24. The standard InChI is InChI=1S/C16H12ClFN2O4S/c1-9-11-4-2-3-5-13(11)24-15(9)16(21)19-20-25(22,23)14-7-6-10(17)8-12(14)18/h2-8,20H,1H3,(H,19,21). The number of para-hydroxylation sites is 1. The number of aryl methyl sites for hydroxylation is 1. The molecule has 0 bridgehead atoms. The van der Waals surface area contributed by atoms with Crippen molar-refractivity contribution < 1.29 is 22.0 Å². The molecular weight excluding hydrogens is 371 g/mol.